The van der Waals surface area contributed by atoms with Crippen molar-refractivity contribution in [3.05, 3.63) is 217 Å². The zero-order chi connectivity index (χ0) is 90.2. The molecule has 0 amide bonds. The van der Waals surface area contributed by atoms with Crippen LogP contribution in [-0.2, 0) is 96.9 Å². The summed E-state index contributed by atoms with van der Waals surface area (Å²) in [5.41, 5.74) is -0.385. The van der Waals surface area contributed by atoms with Crippen LogP contribution in [0.25, 0.3) is 18.2 Å². The number of Topliss-reactive ketones (excluding diaryl/α,β-unsaturated/α-hetero) is 3. The molecule has 6 N–H and O–H groups in total. The van der Waals surface area contributed by atoms with Crippen LogP contribution in [0.4, 0.5) is 28.4 Å². The van der Waals surface area contributed by atoms with E-state index >= 15 is 0 Å². The quantitative estimate of drug-likeness (QED) is 0.00602. The van der Waals surface area contributed by atoms with E-state index in [9.17, 15) is 119 Å². The summed E-state index contributed by atoms with van der Waals surface area (Å²) in [7, 11) is 8.00. The molecular formula is C77H92B2BrKLiN5O36. The number of ketones is 3. The fourth-order valence-electron chi connectivity index (χ4n) is 10.9. The Morgan fingerprint density at radius 1 is 0.480 bits per heavy atom. The molecule has 2 unspecified atom stereocenters. The van der Waals surface area contributed by atoms with Gasteiger partial charge in [0.05, 0.1) is 66.7 Å². The van der Waals surface area contributed by atoms with E-state index in [0.29, 0.717) is 6.42 Å². The van der Waals surface area contributed by atoms with E-state index in [2.05, 4.69) is 36.1 Å². The number of carbonyl (C=O) groups excluding carboxylic acids is 8. The molecule has 656 valence electrons. The Hall–Kier alpha value is -9.93. The largest absolute Gasteiger partial charge is 1.00 e. The van der Waals surface area contributed by atoms with Gasteiger partial charge in [-0.2, -0.15) is 0 Å². The van der Waals surface area contributed by atoms with E-state index in [1.165, 1.54) is 138 Å². The number of hydrogen-bond donors (Lipinski definition) is 5. The van der Waals surface area contributed by atoms with Crippen LogP contribution in [0.3, 0.4) is 0 Å². The number of carbonyl (C=O) groups is 9. The normalized spacial score (nSPS) is 21.5. The number of carboxylic acid groups (broad SMARTS) is 1. The second kappa shape index (κ2) is 59.8. The predicted octanol–water partition coefficient (Wildman–Crippen LogP) is 1.48. The van der Waals surface area contributed by atoms with Gasteiger partial charge in [-0.3, -0.25) is 84.1 Å². The number of esters is 5. The molecule has 3 aliphatic rings. The van der Waals surface area contributed by atoms with Gasteiger partial charge in [0.25, 0.3) is 28.4 Å². The second-order valence-electron chi connectivity index (χ2n) is 25.0. The van der Waals surface area contributed by atoms with E-state index in [0.717, 1.165) is 25.5 Å². The number of rotatable bonds is 26. The SMILES string of the molecule is C.CC(=O)C(=O)Cc1ccccc1[N+](=O)[O-].CCOC(=O)/C([O-])=C/c1ccccc1[N+](=O)[O-].CC[C@H]1O[C@@H](O/C(=C\c2ccccc2[N+](=O)[O-])C(C)=O)[C@H](OC(C)=O)[C@@H](OC(C)=O)C1C.CC[C@H]1O[C@H](Br)[C@H](OC(C)=O)[C@@H](OC(C)=O)[C@@H]1C.O=C(O)/C(=C/c1ccccc1[N+](=O)[O-])O[C@@H]1O[C@H](CO)C(O)[C@H](O)[C@H]1O.O=[N+]([O-])c1ccccc1.[B][B].[K+].[Li+].[OH-]. The first-order valence-electron chi connectivity index (χ1n) is 35.6. The third kappa shape index (κ3) is 38.8. The van der Waals surface area contributed by atoms with Gasteiger partial charge in [0.15, 0.2) is 28.4 Å². The number of allylic oxidation sites excluding steroid dienone is 1. The first-order chi connectivity index (χ1) is 56.0. The number of para-hydroxylation sites is 5. The van der Waals surface area contributed by atoms with E-state index in [4.69, 9.17) is 47.7 Å². The number of ether oxygens (including phenoxy) is 10. The van der Waals surface area contributed by atoms with Crippen molar-refractivity contribution in [1.29, 1.82) is 0 Å². The Morgan fingerprint density at radius 3 is 1.23 bits per heavy atom. The molecule has 0 aromatic heterocycles. The number of benzene rings is 5. The topological polar surface area (TPSA) is 616 Å². The maximum Gasteiger partial charge on any atom is 1.00 e. The number of aliphatic hydroxyl groups is 4. The Balaban J connectivity index is -0.00000144. The average Bonchev–Trinajstić information content (AvgIpc) is 0.791. The summed E-state index contributed by atoms with van der Waals surface area (Å²) in [6.45, 7) is 16.0. The van der Waals surface area contributed by atoms with Gasteiger partial charge in [0.1, 0.15) is 36.6 Å². The molecule has 8 rings (SSSR count). The minimum Gasteiger partial charge on any atom is -0.870 e. The van der Waals surface area contributed by atoms with Crippen LogP contribution in [-0.4, -0.2) is 216 Å². The summed E-state index contributed by atoms with van der Waals surface area (Å²) in [4.78, 5) is 153. The van der Waals surface area contributed by atoms with Crippen LogP contribution in [0.5, 0.6) is 0 Å². The number of nitro groups is 5. The monoisotopic (exact) mass is 1810 g/mol. The first-order valence-corrected chi connectivity index (χ1v) is 36.5. The smallest absolute Gasteiger partial charge is 0.870 e. The zero-order valence-electron chi connectivity index (χ0n) is 68.3. The Morgan fingerprint density at radius 2 is 0.846 bits per heavy atom. The van der Waals surface area contributed by atoms with E-state index in [1.807, 2.05) is 20.8 Å². The van der Waals surface area contributed by atoms with Gasteiger partial charge in [0, 0.05) is 123 Å². The number of carboxylic acids is 1. The third-order valence-corrected chi connectivity index (χ3v) is 17.3. The molecule has 3 saturated heterocycles. The number of halogens is 1. The minimum atomic E-state index is -1.82. The number of aliphatic hydroxyl groups excluding tert-OH is 4. The molecule has 5 aromatic rings. The summed E-state index contributed by atoms with van der Waals surface area (Å²) in [5, 5.41) is 112. The molecule has 46 heteroatoms. The second-order valence-corrected chi connectivity index (χ2v) is 25.9. The minimum absolute atomic E-state index is 0. The molecule has 123 heavy (non-hydrogen) atoms. The van der Waals surface area contributed by atoms with E-state index < -0.39 is 162 Å². The molecule has 5 aromatic carbocycles. The molecular weight excluding hydrogens is 1720 g/mol. The molecule has 0 spiro atoms. The van der Waals surface area contributed by atoms with Gasteiger partial charge in [-0.05, 0) is 55.9 Å². The number of aliphatic carboxylic acids is 1. The summed E-state index contributed by atoms with van der Waals surface area (Å²) in [5.74, 6) is -8.71. The molecule has 15 atom stereocenters. The molecule has 41 nitrogen and oxygen atoms in total. The van der Waals surface area contributed by atoms with Gasteiger partial charge in [0.2, 0.25) is 30.2 Å². The number of non-ortho nitro benzene ring substituents is 1. The molecule has 0 saturated carbocycles. The number of alkyl halides is 1. The van der Waals surface area contributed by atoms with Crippen LogP contribution in [0.15, 0.2) is 145 Å². The summed E-state index contributed by atoms with van der Waals surface area (Å²) in [6, 6.07) is 30.6. The summed E-state index contributed by atoms with van der Waals surface area (Å²) < 4.78 is 53.3. The van der Waals surface area contributed by atoms with Crippen LogP contribution in [0, 0.1) is 62.4 Å². The van der Waals surface area contributed by atoms with E-state index in [1.54, 1.807) is 44.2 Å². The van der Waals surface area contributed by atoms with Crippen LogP contribution in [0.1, 0.15) is 119 Å². The Labute approximate surface area is 770 Å². The van der Waals surface area contributed by atoms with Gasteiger partial charge in [-0.1, -0.05) is 124 Å². The van der Waals surface area contributed by atoms with Crippen LogP contribution >= 0.6 is 15.9 Å². The summed E-state index contributed by atoms with van der Waals surface area (Å²) in [6.07, 6.45) is -8.99. The van der Waals surface area contributed by atoms with Crippen molar-refractivity contribution in [3.8, 4) is 0 Å². The van der Waals surface area contributed by atoms with Crippen molar-refractivity contribution in [1.82, 2.24) is 0 Å². The Kier molecular flexibility index (Phi) is 57.0. The van der Waals surface area contributed by atoms with E-state index in [-0.39, 0.29) is 177 Å². The molecule has 4 radical (unpaired) electrons. The number of hydrogen-bond acceptors (Lipinski definition) is 35. The van der Waals surface area contributed by atoms with Crippen molar-refractivity contribution in [2.24, 2.45) is 11.8 Å². The number of nitrogens with zero attached hydrogens (tertiary/aromatic N) is 5. The molecule has 0 bridgehead atoms. The maximum absolute atomic E-state index is 12.3. The maximum atomic E-state index is 12.3. The van der Waals surface area contributed by atoms with Crippen molar-refractivity contribution in [2.75, 3.05) is 13.2 Å². The van der Waals surface area contributed by atoms with Crippen molar-refractivity contribution in [2.45, 2.75) is 181 Å². The van der Waals surface area contributed by atoms with Crippen LogP contribution < -0.4 is 75.4 Å². The van der Waals surface area contributed by atoms with Gasteiger partial charge >= 0.3 is 106 Å². The number of nitro benzene ring substituents is 5. The first kappa shape index (κ1) is 117. The fraction of sp³-hybridized carbons (Fsp3) is 0.416. The van der Waals surface area contributed by atoms with Gasteiger partial charge in [-0.15, -0.1) is 0 Å². The van der Waals surface area contributed by atoms with Crippen molar-refractivity contribution in [3.63, 3.8) is 0 Å². The van der Waals surface area contributed by atoms with Crippen molar-refractivity contribution < 1.29 is 221 Å². The molecule has 3 fully saturated rings. The van der Waals surface area contributed by atoms with Gasteiger partial charge < -0.3 is 83.5 Å². The molecule has 3 aliphatic heterocycles. The molecule has 0 aliphatic carbocycles. The zero-order valence-corrected chi connectivity index (χ0v) is 73.0. The Bertz CT molecular complexity index is 4440. The third-order valence-electron chi connectivity index (χ3n) is 16.5. The average molecular weight is 1810 g/mol. The molecule has 3 heterocycles. The van der Waals surface area contributed by atoms with Crippen molar-refractivity contribution >= 4 is 131 Å². The summed E-state index contributed by atoms with van der Waals surface area (Å²) >= 11 is 3.33. The predicted molar refractivity (Wildman–Crippen MR) is 427 cm³/mol. The standard InChI is InChI=1S/C22H27NO9.C15H17NO10.C12H19BrO5.C11H11NO5.C10H9NO4.C6H5NO2.CH4.B2.K.Li.H2O/c1-6-18-12(2)20(29-14(4)25)21(30-15(5)26)22(31-18)32-19(13(3)24)11-16-9-7-8-10-17(16)23(27)28;17-6-10-11(18)12(19)13(20)15(26-10)25-9(14(21)22)5-7-3-1-2-4-8(7)16(23)24;1-5-9-6(2)10(16-7(3)14)11(12(13)18-9)17-8(4)15;1-2-17-11(14)10(13)7-8-5-3-4-6-9(8)12(15)16;1-7(12)10(13)6-8-4-2-3-5-9(8)11(14)15;8-7(9)6-4-2-1-3-5-6;;1-2;;;/h7-12,18,20-22H,6H2,1-5H3;1-5,10-13,15,17-20H,6H2,(H,21,22);6,9-12H,5H2,1-4H3;3-7,13H,2H2,1H3;2-5H,6H2,1H3;1-5H;1H4;;;;1H2/q;;;;;;;;2*+1;/p-2/b19-11-;9-5-;;10-7-;;;;;;;/t12?,18-,20+,21-,22+;10-,11?,12+,13-,15-;6-,9-,10+,11-,12+;;;;;;;;/m111......../s1. The fourth-order valence-corrected chi connectivity index (χ4v) is 11.6. The van der Waals surface area contributed by atoms with Gasteiger partial charge in [-0.25, -0.2) is 9.59 Å². The van der Waals surface area contributed by atoms with Crippen LogP contribution in [0.2, 0.25) is 0 Å².